The summed E-state index contributed by atoms with van der Waals surface area (Å²) in [5.74, 6) is -1.31. The Morgan fingerprint density at radius 1 is 1.25 bits per heavy atom. The van der Waals surface area contributed by atoms with Crippen LogP contribution in [0.15, 0.2) is 47.1 Å². The van der Waals surface area contributed by atoms with Crippen molar-refractivity contribution in [1.29, 1.82) is 0 Å². The zero-order valence-electron chi connectivity index (χ0n) is 10.6. The molecule has 0 saturated carbocycles. The predicted molar refractivity (Wildman–Crippen MR) is 70.8 cm³/mol. The van der Waals surface area contributed by atoms with Crippen LogP contribution in [-0.4, -0.2) is 26.0 Å². The Kier molecular flexibility index (Phi) is 2.83. The number of hydrogen-bond acceptors (Lipinski definition) is 4. The summed E-state index contributed by atoms with van der Waals surface area (Å²) in [6.07, 6.45) is 1.74. The maximum atomic E-state index is 10.7. The monoisotopic (exact) mass is 269 g/mol. The van der Waals surface area contributed by atoms with Gasteiger partial charge in [-0.25, -0.2) is 9.48 Å². The molecule has 100 valence electrons. The molecule has 3 rings (SSSR count). The van der Waals surface area contributed by atoms with Crippen LogP contribution in [0.5, 0.6) is 0 Å². The van der Waals surface area contributed by atoms with Crippen molar-refractivity contribution in [2.45, 2.75) is 6.92 Å². The van der Waals surface area contributed by atoms with Crippen molar-refractivity contribution in [2.75, 3.05) is 0 Å². The lowest BCUT2D eigenvalue weighted by molar-refractivity contribution is 0.0652. The molecule has 0 saturated heterocycles. The van der Waals surface area contributed by atoms with Gasteiger partial charge in [0.1, 0.15) is 5.69 Å². The first kappa shape index (κ1) is 12.2. The van der Waals surface area contributed by atoms with E-state index in [1.807, 2.05) is 41.9 Å². The van der Waals surface area contributed by atoms with E-state index >= 15 is 0 Å². The number of benzene rings is 1. The standard InChI is InChI=1S/C14H11N3O3/c1-9-6-7-15-17(9)11-4-2-10(3-5-11)12-8-13(14(18)19)20-16-12/h2-8H,1H3,(H,18,19). The quantitative estimate of drug-likeness (QED) is 0.790. The first-order valence-corrected chi connectivity index (χ1v) is 5.96. The Morgan fingerprint density at radius 3 is 2.55 bits per heavy atom. The summed E-state index contributed by atoms with van der Waals surface area (Å²) in [6, 6.07) is 10.8. The minimum Gasteiger partial charge on any atom is -0.475 e. The predicted octanol–water partition coefficient (Wildman–Crippen LogP) is 2.53. The molecule has 0 aliphatic heterocycles. The number of rotatable bonds is 3. The fourth-order valence-corrected chi connectivity index (χ4v) is 1.93. The van der Waals surface area contributed by atoms with Gasteiger partial charge in [0.25, 0.3) is 0 Å². The van der Waals surface area contributed by atoms with Gasteiger partial charge in [-0.05, 0) is 25.1 Å². The van der Waals surface area contributed by atoms with Gasteiger partial charge in [-0.2, -0.15) is 5.10 Å². The molecule has 0 spiro atoms. The molecule has 6 nitrogen and oxygen atoms in total. The Balaban J connectivity index is 1.93. The van der Waals surface area contributed by atoms with Crippen molar-refractivity contribution in [3.63, 3.8) is 0 Å². The van der Waals surface area contributed by atoms with Crippen LogP contribution in [0.2, 0.25) is 0 Å². The highest BCUT2D eigenvalue weighted by molar-refractivity contribution is 5.85. The fourth-order valence-electron chi connectivity index (χ4n) is 1.93. The van der Waals surface area contributed by atoms with Crippen LogP contribution >= 0.6 is 0 Å². The molecule has 2 aromatic heterocycles. The van der Waals surface area contributed by atoms with Gasteiger partial charge >= 0.3 is 5.97 Å². The van der Waals surface area contributed by atoms with Crippen molar-refractivity contribution < 1.29 is 14.4 Å². The Hall–Kier alpha value is -2.89. The van der Waals surface area contributed by atoms with Crippen molar-refractivity contribution in [1.82, 2.24) is 14.9 Å². The van der Waals surface area contributed by atoms with E-state index in [1.165, 1.54) is 6.07 Å². The maximum Gasteiger partial charge on any atom is 0.374 e. The first-order chi connectivity index (χ1) is 9.65. The average molecular weight is 269 g/mol. The van der Waals surface area contributed by atoms with Gasteiger partial charge in [0.15, 0.2) is 0 Å². The van der Waals surface area contributed by atoms with Gasteiger partial charge in [0.2, 0.25) is 5.76 Å². The molecule has 0 fully saturated rings. The summed E-state index contributed by atoms with van der Waals surface area (Å²) in [6.45, 7) is 1.97. The number of carbonyl (C=O) groups is 1. The Morgan fingerprint density at radius 2 is 2.00 bits per heavy atom. The number of aromatic nitrogens is 3. The molecule has 0 atom stereocenters. The maximum absolute atomic E-state index is 10.7. The lowest BCUT2D eigenvalue weighted by Gasteiger charge is -2.04. The molecule has 20 heavy (non-hydrogen) atoms. The van der Waals surface area contributed by atoms with Gasteiger partial charge in [-0.3, -0.25) is 0 Å². The summed E-state index contributed by atoms with van der Waals surface area (Å²) < 4.78 is 6.55. The smallest absolute Gasteiger partial charge is 0.374 e. The topological polar surface area (TPSA) is 81.2 Å². The largest absolute Gasteiger partial charge is 0.475 e. The third-order valence-corrected chi connectivity index (χ3v) is 2.96. The summed E-state index contributed by atoms with van der Waals surface area (Å²) >= 11 is 0. The number of carboxylic acid groups (broad SMARTS) is 1. The Labute approximate surface area is 114 Å². The molecule has 0 bridgehead atoms. The number of carboxylic acids is 1. The highest BCUT2D eigenvalue weighted by Gasteiger charge is 2.12. The first-order valence-electron chi connectivity index (χ1n) is 5.96. The lowest BCUT2D eigenvalue weighted by atomic mass is 10.1. The van der Waals surface area contributed by atoms with Gasteiger partial charge in [-0.1, -0.05) is 17.3 Å². The van der Waals surface area contributed by atoms with Crippen molar-refractivity contribution in [3.8, 4) is 16.9 Å². The molecule has 0 aliphatic carbocycles. The van der Waals surface area contributed by atoms with Crippen molar-refractivity contribution in [2.24, 2.45) is 0 Å². The minimum absolute atomic E-state index is 0.174. The number of hydrogen-bond donors (Lipinski definition) is 1. The number of nitrogens with zero attached hydrogens (tertiary/aromatic N) is 3. The van der Waals surface area contributed by atoms with Crippen LogP contribution in [0, 0.1) is 6.92 Å². The third-order valence-electron chi connectivity index (χ3n) is 2.96. The molecule has 0 amide bonds. The summed E-state index contributed by atoms with van der Waals surface area (Å²) in [7, 11) is 0. The summed E-state index contributed by atoms with van der Waals surface area (Å²) in [5, 5.41) is 16.8. The molecular weight excluding hydrogens is 258 g/mol. The lowest BCUT2D eigenvalue weighted by Crippen LogP contribution is -1.97. The summed E-state index contributed by atoms with van der Waals surface area (Å²) in [4.78, 5) is 10.7. The van der Waals surface area contributed by atoms with E-state index in [-0.39, 0.29) is 5.76 Å². The molecule has 1 aromatic carbocycles. The van der Waals surface area contributed by atoms with Gasteiger partial charge in [-0.15, -0.1) is 0 Å². The molecule has 6 heteroatoms. The fraction of sp³-hybridized carbons (Fsp3) is 0.0714. The molecule has 2 heterocycles. The van der Waals surface area contributed by atoms with Gasteiger partial charge in [0.05, 0.1) is 5.69 Å². The van der Waals surface area contributed by atoms with Gasteiger partial charge < -0.3 is 9.63 Å². The van der Waals surface area contributed by atoms with E-state index in [4.69, 9.17) is 9.63 Å². The molecule has 0 radical (unpaired) electrons. The second-order valence-electron chi connectivity index (χ2n) is 4.31. The zero-order valence-corrected chi connectivity index (χ0v) is 10.6. The normalized spacial score (nSPS) is 10.7. The third kappa shape index (κ3) is 2.07. The van der Waals surface area contributed by atoms with Crippen LogP contribution in [0.25, 0.3) is 16.9 Å². The van der Waals surface area contributed by atoms with E-state index in [9.17, 15) is 4.79 Å². The SMILES string of the molecule is Cc1ccnn1-c1ccc(-c2cc(C(=O)O)on2)cc1. The van der Waals surface area contributed by atoms with Crippen LogP contribution in [0.4, 0.5) is 0 Å². The summed E-state index contributed by atoms with van der Waals surface area (Å²) in [5.41, 5.74) is 3.24. The number of aryl methyl sites for hydroxylation is 1. The van der Waals surface area contributed by atoms with E-state index in [0.717, 1.165) is 16.9 Å². The van der Waals surface area contributed by atoms with E-state index in [0.29, 0.717) is 5.69 Å². The molecular formula is C14H11N3O3. The van der Waals surface area contributed by atoms with Crippen LogP contribution < -0.4 is 0 Å². The van der Waals surface area contributed by atoms with E-state index < -0.39 is 5.97 Å². The van der Waals surface area contributed by atoms with Crippen LogP contribution in [0.1, 0.15) is 16.2 Å². The van der Waals surface area contributed by atoms with E-state index in [1.54, 1.807) is 6.20 Å². The molecule has 0 aliphatic rings. The van der Waals surface area contributed by atoms with Crippen LogP contribution in [-0.2, 0) is 0 Å². The average Bonchev–Trinajstić information content (AvgIpc) is 3.07. The minimum atomic E-state index is -1.13. The molecule has 3 aromatic rings. The highest BCUT2D eigenvalue weighted by atomic mass is 16.5. The highest BCUT2D eigenvalue weighted by Crippen LogP contribution is 2.21. The van der Waals surface area contributed by atoms with Crippen molar-refractivity contribution in [3.05, 3.63) is 54.0 Å². The second kappa shape index (κ2) is 4.65. The molecule has 1 N–H and O–H groups in total. The molecule has 0 unspecified atom stereocenters. The van der Waals surface area contributed by atoms with Gasteiger partial charge in [0, 0.05) is 23.5 Å². The van der Waals surface area contributed by atoms with Crippen LogP contribution in [0.3, 0.4) is 0 Å². The number of aromatic carboxylic acids is 1. The Bertz CT molecular complexity index is 756. The van der Waals surface area contributed by atoms with Crippen molar-refractivity contribution >= 4 is 5.97 Å². The second-order valence-corrected chi connectivity index (χ2v) is 4.31. The zero-order chi connectivity index (χ0) is 14.1. The van der Waals surface area contributed by atoms with E-state index in [2.05, 4.69) is 10.3 Å².